The van der Waals surface area contributed by atoms with E-state index in [2.05, 4.69) is 6.08 Å². The molecular weight excluding hydrogens is 290 g/mol. The van der Waals surface area contributed by atoms with Gasteiger partial charge in [-0.15, -0.1) is 0 Å². The van der Waals surface area contributed by atoms with Crippen molar-refractivity contribution in [3.63, 3.8) is 0 Å². The number of benzene rings is 1. The highest BCUT2D eigenvalue weighted by molar-refractivity contribution is 5.74. The Morgan fingerprint density at radius 2 is 2.09 bits per heavy atom. The number of carbonyl (C=O) groups is 1. The van der Waals surface area contributed by atoms with Gasteiger partial charge in [-0.1, -0.05) is 36.4 Å². The van der Waals surface area contributed by atoms with Crippen molar-refractivity contribution in [2.24, 2.45) is 0 Å². The van der Waals surface area contributed by atoms with Crippen LogP contribution < -0.4 is 0 Å². The van der Waals surface area contributed by atoms with Crippen LogP contribution in [0.3, 0.4) is 0 Å². The first kappa shape index (κ1) is 14.1. The molecule has 4 nitrogen and oxygen atoms in total. The van der Waals surface area contributed by atoms with Crippen LogP contribution in [0, 0.1) is 0 Å². The molecule has 2 aliphatic rings. The predicted octanol–water partition coefficient (Wildman–Crippen LogP) is 4.24. The lowest BCUT2D eigenvalue weighted by Gasteiger charge is -2.33. The van der Waals surface area contributed by atoms with Crippen molar-refractivity contribution >= 4 is 11.7 Å². The van der Waals surface area contributed by atoms with Crippen molar-refractivity contribution in [2.75, 3.05) is 0 Å². The molecule has 1 amide bonds. The molecule has 1 fully saturated rings. The first-order valence-corrected chi connectivity index (χ1v) is 8.03. The smallest absolute Gasteiger partial charge is 0.410 e. The van der Waals surface area contributed by atoms with Crippen molar-refractivity contribution in [3.8, 4) is 0 Å². The zero-order chi connectivity index (χ0) is 15.6. The fraction of sp³-hybridized carbons (Fsp3) is 0.316. The second kappa shape index (κ2) is 5.95. The van der Waals surface area contributed by atoms with Gasteiger partial charge in [0.1, 0.15) is 6.61 Å². The maximum Gasteiger partial charge on any atom is 0.410 e. The van der Waals surface area contributed by atoms with Crippen LogP contribution in [-0.4, -0.2) is 23.1 Å². The lowest BCUT2D eigenvalue weighted by molar-refractivity contribution is 0.0832. The summed E-state index contributed by atoms with van der Waals surface area (Å²) in [6, 6.07) is 12.2. The summed E-state index contributed by atoms with van der Waals surface area (Å²) in [5.41, 5.74) is 3.41. The highest BCUT2D eigenvalue weighted by Crippen LogP contribution is 2.39. The number of hydrogen-bond donors (Lipinski definition) is 0. The van der Waals surface area contributed by atoms with E-state index in [-0.39, 0.29) is 18.2 Å². The summed E-state index contributed by atoms with van der Waals surface area (Å²) in [5.74, 6) is 0. The molecule has 118 valence electrons. The molecule has 2 bridgehead atoms. The summed E-state index contributed by atoms with van der Waals surface area (Å²) in [6.45, 7) is 0.327. The molecule has 0 radical (unpaired) electrons. The molecule has 2 atom stereocenters. The summed E-state index contributed by atoms with van der Waals surface area (Å²) in [7, 11) is 0. The molecule has 4 rings (SSSR count). The van der Waals surface area contributed by atoms with E-state index in [1.54, 1.807) is 12.5 Å². The molecule has 1 aromatic heterocycles. The van der Waals surface area contributed by atoms with E-state index in [1.165, 1.54) is 5.57 Å². The number of fused-ring (bicyclic) bond motifs is 2. The molecule has 2 aromatic rings. The SMILES string of the molecule is O=C(OCc1ccccc1)N1C2C=C(c3ccoc3)CC1CC2. The van der Waals surface area contributed by atoms with Gasteiger partial charge in [0, 0.05) is 11.6 Å². The molecule has 0 N–H and O–H groups in total. The van der Waals surface area contributed by atoms with E-state index in [1.807, 2.05) is 41.3 Å². The molecule has 4 heteroatoms. The quantitative estimate of drug-likeness (QED) is 0.852. The van der Waals surface area contributed by atoms with Crippen LogP contribution in [0.4, 0.5) is 4.79 Å². The highest BCUT2D eigenvalue weighted by atomic mass is 16.6. The number of carbonyl (C=O) groups excluding carboxylic acids is 1. The van der Waals surface area contributed by atoms with E-state index in [0.717, 1.165) is 30.4 Å². The summed E-state index contributed by atoms with van der Waals surface area (Å²) in [4.78, 5) is 14.4. The van der Waals surface area contributed by atoms with E-state index in [9.17, 15) is 4.79 Å². The Morgan fingerprint density at radius 1 is 1.22 bits per heavy atom. The first-order valence-electron chi connectivity index (χ1n) is 8.03. The third-order valence-corrected chi connectivity index (χ3v) is 4.70. The second-order valence-electron chi connectivity index (χ2n) is 6.15. The number of furan rings is 1. The monoisotopic (exact) mass is 309 g/mol. The first-order chi connectivity index (χ1) is 11.3. The Hall–Kier alpha value is -2.49. The van der Waals surface area contributed by atoms with Crippen molar-refractivity contribution in [1.29, 1.82) is 0 Å². The van der Waals surface area contributed by atoms with Crippen LogP contribution >= 0.6 is 0 Å². The minimum absolute atomic E-state index is 0.141. The molecule has 3 heterocycles. The fourth-order valence-electron chi connectivity index (χ4n) is 3.57. The molecule has 23 heavy (non-hydrogen) atoms. The van der Waals surface area contributed by atoms with Crippen molar-refractivity contribution in [2.45, 2.75) is 38.0 Å². The van der Waals surface area contributed by atoms with Gasteiger partial charge in [-0.05, 0) is 36.5 Å². The van der Waals surface area contributed by atoms with Crippen LogP contribution in [0.25, 0.3) is 5.57 Å². The summed E-state index contributed by atoms with van der Waals surface area (Å²) < 4.78 is 10.7. The Morgan fingerprint density at radius 3 is 2.83 bits per heavy atom. The van der Waals surface area contributed by atoms with E-state index < -0.39 is 0 Å². The van der Waals surface area contributed by atoms with E-state index in [4.69, 9.17) is 9.15 Å². The minimum Gasteiger partial charge on any atom is -0.472 e. The molecule has 1 aromatic carbocycles. The van der Waals surface area contributed by atoms with Gasteiger partial charge < -0.3 is 9.15 Å². The Bertz CT molecular complexity index is 705. The van der Waals surface area contributed by atoms with Crippen LogP contribution in [0.5, 0.6) is 0 Å². The van der Waals surface area contributed by atoms with Gasteiger partial charge in [-0.2, -0.15) is 0 Å². The largest absolute Gasteiger partial charge is 0.472 e. The van der Waals surface area contributed by atoms with Crippen molar-refractivity contribution in [3.05, 3.63) is 66.1 Å². The summed E-state index contributed by atoms with van der Waals surface area (Å²) >= 11 is 0. The van der Waals surface area contributed by atoms with Gasteiger partial charge in [0.2, 0.25) is 0 Å². The van der Waals surface area contributed by atoms with Crippen LogP contribution in [-0.2, 0) is 11.3 Å². The lowest BCUT2D eigenvalue weighted by Crippen LogP contribution is -2.43. The standard InChI is InChI=1S/C19H19NO3/c21-19(23-12-14-4-2-1-3-5-14)20-17-6-7-18(20)11-16(10-17)15-8-9-22-13-15/h1-5,8-10,13,17-18H,6-7,11-12H2. The predicted molar refractivity (Wildman–Crippen MR) is 86.6 cm³/mol. The van der Waals surface area contributed by atoms with Crippen LogP contribution in [0.2, 0.25) is 0 Å². The maximum absolute atomic E-state index is 12.5. The van der Waals surface area contributed by atoms with Gasteiger partial charge in [0.25, 0.3) is 0 Å². The molecule has 2 unspecified atom stereocenters. The fourth-order valence-corrected chi connectivity index (χ4v) is 3.57. The molecule has 2 aliphatic heterocycles. The zero-order valence-corrected chi connectivity index (χ0v) is 12.9. The third-order valence-electron chi connectivity index (χ3n) is 4.70. The van der Waals surface area contributed by atoms with Crippen LogP contribution in [0.15, 0.2) is 59.4 Å². The van der Waals surface area contributed by atoms with Gasteiger partial charge in [0.15, 0.2) is 0 Å². The molecule has 0 aliphatic carbocycles. The number of nitrogens with zero attached hydrogens (tertiary/aromatic N) is 1. The third kappa shape index (κ3) is 2.77. The molecule has 0 saturated carbocycles. The maximum atomic E-state index is 12.5. The Kier molecular flexibility index (Phi) is 3.66. The van der Waals surface area contributed by atoms with Crippen molar-refractivity contribution < 1.29 is 13.9 Å². The number of amides is 1. The van der Waals surface area contributed by atoms with E-state index in [0.29, 0.717) is 6.61 Å². The average Bonchev–Trinajstić information content (AvgIpc) is 3.20. The Balaban J connectivity index is 1.45. The van der Waals surface area contributed by atoms with Gasteiger partial charge >= 0.3 is 6.09 Å². The normalized spacial score (nSPS) is 22.8. The summed E-state index contributed by atoms with van der Waals surface area (Å²) in [5, 5.41) is 0. The molecule has 1 saturated heterocycles. The lowest BCUT2D eigenvalue weighted by atomic mass is 9.97. The van der Waals surface area contributed by atoms with Gasteiger partial charge in [-0.25, -0.2) is 4.79 Å². The van der Waals surface area contributed by atoms with Gasteiger partial charge in [0.05, 0.1) is 18.6 Å². The van der Waals surface area contributed by atoms with E-state index >= 15 is 0 Å². The summed E-state index contributed by atoms with van der Waals surface area (Å²) in [6.07, 6.45) is 8.36. The molecule has 0 spiro atoms. The minimum atomic E-state index is -0.205. The average molecular weight is 309 g/mol. The molecular formula is C19H19NO3. The second-order valence-corrected chi connectivity index (χ2v) is 6.15. The zero-order valence-electron chi connectivity index (χ0n) is 12.9. The number of ether oxygens (including phenoxy) is 1. The van der Waals surface area contributed by atoms with Gasteiger partial charge in [-0.3, -0.25) is 4.90 Å². The Labute approximate surface area is 135 Å². The number of rotatable bonds is 3. The highest BCUT2D eigenvalue weighted by Gasteiger charge is 2.40. The van der Waals surface area contributed by atoms with Crippen molar-refractivity contribution in [1.82, 2.24) is 4.90 Å². The van der Waals surface area contributed by atoms with Crippen LogP contribution in [0.1, 0.15) is 30.4 Å². The number of hydrogen-bond acceptors (Lipinski definition) is 3. The topological polar surface area (TPSA) is 42.7 Å².